The van der Waals surface area contributed by atoms with Gasteiger partial charge in [-0.3, -0.25) is 0 Å². The molecule has 0 amide bonds. The van der Waals surface area contributed by atoms with Crippen molar-refractivity contribution in [3.05, 3.63) is 0 Å². The third kappa shape index (κ3) is 9.96. The van der Waals surface area contributed by atoms with Crippen molar-refractivity contribution in [2.24, 2.45) is 0 Å². The van der Waals surface area contributed by atoms with Crippen LogP contribution in [0.1, 0.15) is 0 Å². The van der Waals surface area contributed by atoms with Crippen LogP contribution in [-0.4, -0.2) is 18.9 Å². The van der Waals surface area contributed by atoms with Crippen LogP contribution in [0.2, 0.25) is 0 Å². The average molecular weight is 146 g/mol. The van der Waals surface area contributed by atoms with Crippen molar-refractivity contribution in [1.29, 1.82) is 0 Å². The van der Waals surface area contributed by atoms with Gasteiger partial charge in [-0.2, -0.15) is 0 Å². The number of hydrogen-bond donors (Lipinski definition) is 0. The van der Waals surface area contributed by atoms with Gasteiger partial charge in [0, 0.05) is 17.1 Å². The van der Waals surface area contributed by atoms with E-state index in [1.807, 2.05) is 0 Å². The second-order valence-electron chi connectivity index (χ2n) is 0. The van der Waals surface area contributed by atoms with E-state index in [1.165, 1.54) is 0 Å². The van der Waals surface area contributed by atoms with Crippen molar-refractivity contribution < 1.29 is 36.4 Å². The molecule has 0 unspecified atom stereocenters. The Morgan fingerprint density at radius 3 is 1.25 bits per heavy atom. The number of hydrogen-bond acceptors (Lipinski definition) is 1. The standard InChI is InChI=1S/Cu.Li.Ni.O.H. The molecule has 0 saturated heterocycles. The predicted molar refractivity (Wildman–Crippen MR) is 7.84 cm³/mol. The van der Waals surface area contributed by atoms with Gasteiger partial charge >= 0.3 is 38.1 Å². The van der Waals surface area contributed by atoms with E-state index in [1.54, 1.807) is 0 Å². The van der Waals surface area contributed by atoms with Crippen LogP contribution in [-0.2, 0) is 36.4 Å². The summed E-state index contributed by atoms with van der Waals surface area (Å²) in [5.41, 5.74) is 0. The third-order valence-electron chi connectivity index (χ3n) is 0. The van der Waals surface area contributed by atoms with Gasteiger partial charge in [-0.15, -0.1) is 0 Å². The molecule has 29 valence electrons. The maximum atomic E-state index is 7.88. The Hall–Kier alpha value is 1.41. The van der Waals surface area contributed by atoms with Crippen LogP contribution in [0.4, 0.5) is 0 Å². The Labute approximate surface area is 55.1 Å². The summed E-state index contributed by atoms with van der Waals surface area (Å²) < 4.78 is 7.88. The van der Waals surface area contributed by atoms with Gasteiger partial charge in [0.05, 0.1) is 0 Å². The first-order chi connectivity index (χ1) is 1.00. The van der Waals surface area contributed by atoms with Crippen molar-refractivity contribution in [2.75, 3.05) is 0 Å². The molecule has 0 aliphatic rings. The summed E-state index contributed by atoms with van der Waals surface area (Å²) in [7, 11) is 0. The zero-order valence-corrected chi connectivity index (χ0v) is 2.96. The van der Waals surface area contributed by atoms with Gasteiger partial charge < -0.3 is 0 Å². The quantitative estimate of drug-likeness (QED) is 0.410. The van der Waals surface area contributed by atoms with Crippen LogP contribution >= 0.6 is 0 Å². The third-order valence-corrected chi connectivity index (χ3v) is 0. The molecular weight excluding hydrogens is 145 g/mol. The van der Waals surface area contributed by atoms with Crippen LogP contribution in [0.5, 0.6) is 0 Å². The molecule has 0 aromatic heterocycles. The van der Waals surface area contributed by atoms with Gasteiger partial charge in [0.15, 0.2) is 0 Å². The van der Waals surface area contributed by atoms with E-state index in [2.05, 4.69) is 15.4 Å². The summed E-state index contributed by atoms with van der Waals surface area (Å²) in [4.78, 5) is 0. The Morgan fingerprint density at radius 1 is 1.25 bits per heavy atom. The van der Waals surface area contributed by atoms with Gasteiger partial charge in [-0.25, -0.2) is 0 Å². The molecule has 4 heavy (non-hydrogen) atoms. The molecule has 0 atom stereocenters. The molecular formula is HCuLiNiO. The summed E-state index contributed by atoms with van der Waals surface area (Å²) in [6.07, 6.45) is 0. The van der Waals surface area contributed by atoms with Crippen LogP contribution in [0.15, 0.2) is 0 Å². The topological polar surface area (TPSA) is 17.1 Å². The second kappa shape index (κ2) is 25.8. The molecule has 0 saturated carbocycles. The van der Waals surface area contributed by atoms with E-state index in [4.69, 9.17) is 3.90 Å². The van der Waals surface area contributed by atoms with E-state index in [9.17, 15) is 0 Å². The van der Waals surface area contributed by atoms with Crippen molar-refractivity contribution >= 4 is 18.9 Å². The minimum atomic E-state index is 0. The summed E-state index contributed by atoms with van der Waals surface area (Å²) in [5.74, 6) is 0. The van der Waals surface area contributed by atoms with Gasteiger partial charge in [-0.05, 0) is 0 Å². The first-order valence-corrected chi connectivity index (χ1v) is 0.532. The van der Waals surface area contributed by atoms with Crippen molar-refractivity contribution in [3.8, 4) is 0 Å². The van der Waals surface area contributed by atoms with Gasteiger partial charge in [0.2, 0.25) is 0 Å². The predicted octanol–water partition coefficient (Wildman–Crippen LogP) is -0.772. The fraction of sp³-hybridized carbons (Fsp3) is 0. The van der Waals surface area contributed by atoms with Crippen LogP contribution in [0.3, 0.4) is 0 Å². The summed E-state index contributed by atoms with van der Waals surface area (Å²) >= 11 is 2.62. The van der Waals surface area contributed by atoms with E-state index in [0.29, 0.717) is 0 Å². The molecule has 0 fully saturated rings. The van der Waals surface area contributed by atoms with Gasteiger partial charge in [-0.1, -0.05) is 0 Å². The van der Waals surface area contributed by atoms with Crippen molar-refractivity contribution in [2.45, 2.75) is 0 Å². The summed E-state index contributed by atoms with van der Waals surface area (Å²) in [6, 6.07) is 0. The summed E-state index contributed by atoms with van der Waals surface area (Å²) in [5, 5.41) is 0. The van der Waals surface area contributed by atoms with Crippen LogP contribution in [0, 0.1) is 0 Å². The van der Waals surface area contributed by atoms with Crippen molar-refractivity contribution in [3.63, 3.8) is 0 Å². The summed E-state index contributed by atoms with van der Waals surface area (Å²) in [6.45, 7) is 0. The molecule has 1 nitrogen and oxygen atoms in total. The first kappa shape index (κ1) is 18.1. The maximum absolute atomic E-state index is 7.88. The molecule has 0 spiro atoms. The minimum absolute atomic E-state index is 0. The zero-order valence-electron chi connectivity index (χ0n) is 1.03. The Balaban J connectivity index is -0.00000000500. The molecule has 0 aliphatic heterocycles. The van der Waals surface area contributed by atoms with Gasteiger partial charge in [0.25, 0.3) is 0 Å². The Bertz CT molecular complexity index is 8.00. The molecule has 0 rings (SSSR count). The molecule has 0 aliphatic carbocycles. The van der Waals surface area contributed by atoms with Gasteiger partial charge in [0.1, 0.15) is 0 Å². The molecule has 0 heterocycles. The molecule has 0 bridgehead atoms. The van der Waals surface area contributed by atoms with E-state index in [-0.39, 0.29) is 35.9 Å². The first-order valence-electron chi connectivity index (χ1n) is 0.129. The number of rotatable bonds is 0. The molecule has 0 aromatic carbocycles. The fourth-order valence-electron chi connectivity index (χ4n) is 0. The second-order valence-corrected chi connectivity index (χ2v) is 0. The monoisotopic (exact) mass is 145 g/mol. The fourth-order valence-corrected chi connectivity index (χ4v) is 0. The normalized spacial score (nSPS) is 1.50. The Kier molecular flexibility index (Phi) is 117. The molecule has 1 radical (unpaired) electrons. The molecule has 0 aromatic rings. The van der Waals surface area contributed by atoms with Crippen molar-refractivity contribution in [1.82, 2.24) is 0 Å². The van der Waals surface area contributed by atoms with E-state index in [0.717, 1.165) is 0 Å². The van der Waals surface area contributed by atoms with E-state index < -0.39 is 0 Å². The zero-order chi connectivity index (χ0) is 2.00. The average Bonchev–Trinajstić information content (AvgIpc) is 1.00. The van der Waals surface area contributed by atoms with Crippen LogP contribution in [0.25, 0.3) is 0 Å². The molecule has 4 heteroatoms. The molecule has 0 N–H and O–H groups in total. The van der Waals surface area contributed by atoms with Crippen LogP contribution < -0.4 is 0 Å². The Morgan fingerprint density at radius 2 is 1.25 bits per heavy atom. The van der Waals surface area contributed by atoms with E-state index >= 15 is 0 Å². The SMILES string of the molecule is [Cu].[LiH].[O]=[Ni].